The highest BCUT2D eigenvalue weighted by molar-refractivity contribution is 5.87. The van der Waals surface area contributed by atoms with Gasteiger partial charge in [0, 0.05) is 6.42 Å². The van der Waals surface area contributed by atoms with Gasteiger partial charge in [0.1, 0.15) is 16.9 Å². The summed E-state index contributed by atoms with van der Waals surface area (Å²) in [4.78, 5) is 34.5. The van der Waals surface area contributed by atoms with Crippen LogP contribution in [0, 0.1) is 24.0 Å². The molecule has 1 heterocycles. The number of aryl methyl sites for hydroxylation is 2. The van der Waals surface area contributed by atoms with Crippen LogP contribution < -0.4 is 5.32 Å². The Balaban J connectivity index is 2.03. The molecule has 0 unspecified atom stereocenters. The Bertz CT molecular complexity index is 674. The number of rotatable bonds is 6. The number of carbonyl (C=O) groups is 2. The molecule has 1 amide bonds. The first-order chi connectivity index (χ1) is 11.8. The van der Waals surface area contributed by atoms with Gasteiger partial charge in [-0.1, -0.05) is 25.7 Å². The van der Waals surface area contributed by atoms with Gasteiger partial charge in [0.25, 0.3) is 0 Å². The first kappa shape index (κ1) is 18.9. The summed E-state index contributed by atoms with van der Waals surface area (Å²) in [6, 6.07) is 0. The molecule has 0 atom stereocenters. The van der Waals surface area contributed by atoms with Crippen LogP contribution in [0.4, 0.5) is 5.69 Å². The van der Waals surface area contributed by atoms with Crippen molar-refractivity contribution >= 4 is 17.6 Å². The summed E-state index contributed by atoms with van der Waals surface area (Å²) in [7, 11) is 0. The van der Waals surface area contributed by atoms with Crippen molar-refractivity contribution in [3.05, 3.63) is 21.5 Å². The third kappa shape index (κ3) is 4.15. The van der Waals surface area contributed by atoms with Gasteiger partial charge in [0.15, 0.2) is 0 Å². The number of aromatic nitrogens is 2. The standard InChI is InChI=1S/C16H24N4O5/c1-11-14(20(24)25)12(2)19(18-11)10-7-13(21)17-16(15(22)23)8-5-3-4-6-9-16/h3-10H2,1-2H3,(H,17,21)(H,22,23). The summed E-state index contributed by atoms with van der Waals surface area (Å²) in [6.45, 7) is 3.30. The van der Waals surface area contributed by atoms with Crippen LogP contribution in [0.5, 0.6) is 0 Å². The van der Waals surface area contributed by atoms with E-state index in [1.807, 2.05) is 0 Å². The van der Waals surface area contributed by atoms with Gasteiger partial charge in [-0.3, -0.25) is 19.6 Å². The zero-order valence-corrected chi connectivity index (χ0v) is 14.6. The molecule has 1 aliphatic rings. The molecule has 25 heavy (non-hydrogen) atoms. The Labute approximate surface area is 145 Å². The predicted molar refractivity (Wildman–Crippen MR) is 89.2 cm³/mol. The second-order valence-electron chi connectivity index (χ2n) is 6.60. The fourth-order valence-electron chi connectivity index (χ4n) is 3.43. The largest absolute Gasteiger partial charge is 0.480 e. The topological polar surface area (TPSA) is 127 Å². The Morgan fingerprint density at radius 2 is 1.88 bits per heavy atom. The Hall–Kier alpha value is -2.45. The molecular weight excluding hydrogens is 328 g/mol. The van der Waals surface area contributed by atoms with Crippen molar-refractivity contribution in [3.63, 3.8) is 0 Å². The maximum atomic E-state index is 12.3. The second-order valence-corrected chi connectivity index (χ2v) is 6.60. The molecule has 1 aromatic rings. The van der Waals surface area contributed by atoms with Crippen LogP contribution in [0.2, 0.25) is 0 Å². The Kier molecular flexibility index (Phi) is 5.76. The zero-order valence-electron chi connectivity index (χ0n) is 14.6. The molecular formula is C16H24N4O5. The lowest BCUT2D eigenvalue weighted by Gasteiger charge is -2.29. The number of hydrogen-bond acceptors (Lipinski definition) is 5. The summed E-state index contributed by atoms with van der Waals surface area (Å²) >= 11 is 0. The molecule has 1 aliphatic carbocycles. The van der Waals surface area contributed by atoms with Crippen LogP contribution in [-0.2, 0) is 16.1 Å². The van der Waals surface area contributed by atoms with E-state index in [0.717, 1.165) is 25.7 Å². The molecule has 0 aliphatic heterocycles. The van der Waals surface area contributed by atoms with Gasteiger partial charge >= 0.3 is 11.7 Å². The number of hydrogen-bond donors (Lipinski definition) is 2. The summed E-state index contributed by atoms with van der Waals surface area (Å²) in [5, 5.41) is 27.4. The van der Waals surface area contributed by atoms with E-state index < -0.39 is 16.4 Å². The van der Waals surface area contributed by atoms with Crippen molar-refractivity contribution in [1.29, 1.82) is 0 Å². The molecule has 0 bridgehead atoms. The lowest BCUT2D eigenvalue weighted by molar-refractivity contribution is -0.386. The van der Waals surface area contributed by atoms with Crippen LogP contribution in [0.3, 0.4) is 0 Å². The molecule has 1 fully saturated rings. The quantitative estimate of drug-likeness (QED) is 0.458. The number of nitrogens with zero attached hydrogens (tertiary/aromatic N) is 3. The van der Waals surface area contributed by atoms with Gasteiger partial charge in [0.2, 0.25) is 5.91 Å². The molecule has 1 saturated carbocycles. The molecule has 138 valence electrons. The monoisotopic (exact) mass is 352 g/mol. The number of carboxylic acid groups (broad SMARTS) is 1. The van der Waals surface area contributed by atoms with Gasteiger partial charge in [-0.25, -0.2) is 4.79 Å². The van der Waals surface area contributed by atoms with Crippen molar-refractivity contribution in [3.8, 4) is 0 Å². The Morgan fingerprint density at radius 3 is 2.36 bits per heavy atom. The summed E-state index contributed by atoms with van der Waals surface area (Å²) in [5.41, 5.74) is -0.563. The van der Waals surface area contributed by atoms with Crippen LogP contribution in [0.15, 0.2) is 0 Å². The molecule has 0 saturated heterocycles. The fraction of sp³-hybridized carbons (Fsp3) is 0.688. The van der Waals surface area contributed by atoms with Gasteiger partial charge in [-0.2, -0.15) is 5.10 Å². The van der Waals surface area contributed by atoms with E-state index in [1.54, 1.807) is 13.8 Å². The third-order valence-electron chi connectivity index (χ3n) is 4.82. The third-order valence-corrected chi connectivity index (χ3v) is 4.82. The van der Waals surface area contributed by atoms with Crippen LogP contribution >= 0.6 is 0 Å². The molecule has 0 radical (unpaired) electrons. The average Bonchev–Trinajstić information content (AvgIpc) is 2.70. The fourth-order valence-corrected chi connectivity index (χ4v) is 3.43. The minimum absolute atomic E-state index is 0.0220. The highest BCUT2D eigenvalue weighted by Gasteiger charge is 2.39. The molecule has 1 aromatic heterocycles. The van der Waals surface area contributed by atoms with E-state index in [9.17, 15) is 24.8 Å². The maximum absolute atomic E-state index is 12.3. The summed E-state index contributed by atoms with van der Waals surface area (Å²) in [5.74, 6) is -1.37. The molecule has 9 heteroatoms. The first-order valence-electron chi connectivity index (χ1n) is 8.49. The number of carboxylic acids is 1. The zero-order chi connectivity index (χ0) is 18.6. The number of nitrogens with one attached hydrogen (secondary N) is 1. The van der Waals surface area contributed by atoms with Crippen molar-refractivity contribution in [2.24, 2.45) is 0 Å². The molecule has 0 aromatic carbocycles. The van der Waals surface area contributed by atoms with E-state index >= 15 is 0 Å². The normalized spacial score (nSPS) is 16.9. The highest BCUT2D eigenvalue weighted by Crippen LogP contribution is 2.28. The number of aliphatic carboxylic acids is 1. The highest BCUT2D eigenvalue weighted by atomic mass is 16.6. The minimum Gasteiger partial charge on any atom is -0.480 e. The van der Waals surface area contributed by atoms with Crippen LogP contribution in [0.25, 0.3) is 0 Å². The van der Waals surface area contributed by atoms with E-state index in [-0.39, 0.29) is 24.6 Å². The van der Waals surface area contributed by atoms with Crippen molar-refractivity contribution in [1.82, 2.24) is 15.1 Å². The number of carbonyl (C=O) groups excluding carboxylic acids is 1. The summed E-state index contributed by atoms with van der Waals surface area (Å²) in [6.07, 6.45) is 4.38. The minimum atomic E-state index is -1.20. The van der Waals surface area contributed by atoms with Crippen molar-refractivity contribution in [2.45, 2.75) is 70.9 Å². The first-order valence-corrected chi connectivity index (χ1v) is 8.49. The molecule has 9 nitrogen and oxygen atoms in total. The van der Waals surface area contributed by atoms with E-state index in [2.05, 4.69) is 10.4 Å². The average molecular weight is 352 g/mol. The molecule has 2 N–H and O–H groups in total. The predicted octanol–water partition coefficient (Wildman–Crippen LogP) is 2.09. The van der Waals surface area contributed by atoms with Gasteiger partial charge in [-0.05, 0) is 26.7 Å². The van der Waals surface area contributed by atoms with E-state index in [0.29, 0.717) is 24.2 Å². The van der Waals surface area contributed by atoms with Gasteiger partial charge in [-0.15, -0.1) is 0 Å². The van der Waals surface area contributed by atoms with E-state index in [1.165, 1.54) is 4.68 Å². The maximum Gasteiger partial charge on any atom is 0.329 e. The summed E-state index contributed by atoms with van der Waals surface area (Å²) < 4.78 is 1.42. The SMILES string of the molecule is Cc1nn(CCC(=O)NC2(C(=O)O)CCCCCC2)c(C)c1[N+](=O)[O-]. The smallest absolute Gasteiger partial charge is 0.329 e. The lowest BCUT2D eigenvalue weighted by atomic mass is 9.90. The lowest BCUT2D eigenvalue weighted by Crippen LogP contribution is -2.54. The number of nitro groups is 1. The van der Waals surface area contributed by atoms with Crippen LogP contribution in [0.1, 0.15) is 56.3 Å². The van der Waals surface area contributed by atoms with Crippen molar-refractivity contribution < 1.29 is 19.6 Å². The van der Waals surface area contributed by atoms with E-state index in [4.69, 9.17) is 0 Å². The molecule has 0 spiro atoms. The molecule has 2 rings (SSSR count). The van der Waals surface area contributed by atoms with Crippen LogP contribution in [-0.4, -0.2) is 37.2 Å². The van der Waals surface area contributed by atoms with Crippen molar-refractivity contribution in [2.75, 3.05) is 0 Å². The Morgan fingerprint density at radius 1 is 1.28 bits per heavy atom. The van der Waals surface area contributed by atoms with Gasteiger partial charge < -0.3 is 10.4 Å². The van der Waals surface area contributed by atoms with Gasteiger partial charge in [0.05, 0.1) is 11.5 Å². The second kappa shape index (κ2) is 7.62. The number of amides is 1.